The fourth-order valence-corrected chi connectivity index (χ4v) is 3.25. The number of phenols is 1. The minimum Gasteiger partial charge on any atom is -0.507 e. The summed E-state index contributed by atoms with van der Waals surface area (Å²) in [7, 11) is -4.38. The lowest BCUT2D eigenvalue weighted by atomic mass is 10.0. The van der Waals surface area contributed by atoms with Gasteiger partial charge in [-0.1, -0.05) is 24.3 Å². The minimum absolute atomic E-state index is 0.122. The summed E-state index contributed by atoms with van der Waals surface area (Å²) in [5.74, 6) is -0.160. The zero-order chi connectivity index (χ0) is 16.6. The Morgan fingerprint density at radius 2 is 1.65 bits per heavy atom. The topological polar surface area (TPSA) is 86.6 Å². The second-order valence-corrected chi connectivity index (χ2v) is 6.64. The molecule has 0 aromatic heterocycles. The van der Waals surface area contributed by atoms with Crippen molar-refractivity contribution in [3.8, 4) is 5.75 Å². The van der Waals surface area contributed by atoms with Gasteiger partial charge in [0.25, 0.3) is 10.1 Å². The summed E-state index contributed by atoms with van der Waals surface area (Å²) in [6, 6.07) is 16.1. The number of nitrogens with one attached hydrogen (secondary N) is 1. The van der Waals surface area contributed by atoms with Crippen molar-refractivity contribution in [3.63, 3.8) is 0 Å². The summed E-state index contributed by atoms with van der Waals surface area (Å²) in [4.78, 5) is -0.286. The summed E-state index contributed by atoms with van der Waals surface area (Å²) < 4.78 is 32.0. The SMILES string of the molecule is Cc1c(S(=O)(=O)O)cc2ccc(Nc3ccccc3)cc2c1O. The summed E-state index contributed by atoms with van der Waals surface area (Å²) in [6.07, 6.45) is 0. The zero-order valence-electron chi connectivity index (χ0n) is 12.3. The first-order valence-corrected chi connectivity index (χ1v) is 8.36. The molecule has 0 aliphatic rings. The minimum atomic E-state index is -4.38. The van der Waals surface area contributed by atoms with Crippen LogP contribution in [-0.2, 0) is 10.1 Å². The number of hydrogen-bond acceptors (Lipinski definition) is 4. The van der Waals surface area contributed by atoms with Gasteiger partial charge in [-0.25, -0.2) is 0 Å². The molecule has 0 saturated carbocycles. The molecule has 0 heterocycles. The van der Waals surface area contributed by atoms with Crippen LogP contribution in [0.2, 0.25) is 0 Å². The lowest BCUT2D eigenvalue weighted by Crippen LogP contribution is -2.01. The molecular formula is C17H15NO4S. The number of hydrogen-bond donors (Lipinski definition) is 3. The molecule has 5 nitrogen and oxygen atoms in total. The molecule has 0 amide bonds. The third-order valence-electron chi connectivity index (χ3n) is 3.66. The first kappa shape index (κ1) is 15.3. The fraction of sp³-hybridized carbons (Fsp3) is 0.0588. The van der Waals surface area contributed by atoms with Gasteiger partial charge in [-0.05, 0) is 42.6 Å². The molecule has 0 spiro atoms. The number of aromatic hydroxyl groups is 1. The Morgan fingerprint density at radius 1 is 0.957 bits per heavy atom. The molecule has 0 aliphatic heterocycles. The molecule has 0 unspecified atom stereocenters. The maximum absolute atomic E-state index is 11.4. The van der Waals surface area contributed by atoms with E-state index in [1.807, 2.05) is 30.3 Å². The zero-order valence-corrected chi connectivity index (χ0v) is 13.1. The molecule has 0 bridgehead atoms. The van der Waals surface area contributed by atoms with Gasteiger partial charge in [0.15, 0.2) is 0 Å². The van der Waals surface area contributed by atoms with Gasteiger partial charge in [-0.3, -0.25) is 4.55 Å². The maximum Gasteiger partial charge on any atom is 0.294 e. The van der Waals surface area contributed by atoms with Crippen molar-refractivity contribution in [2.75, 3.05) is 5.32 Å². The molecule has 3 aromatic rings. The predicted molar refractivity (Wildman–Crippen MR) is 89.9 cm³/mol. The highest BCUT2D eigenvalue weighted by Crippen LogP contribution is 2.35. The normalized spacial score (nSPS) is 11.6. The summed E-state index contributed by atoms with van der Waals surface area (Å²) >= 11 is 0. The third kappa shape index (κ3) is 2.99. The van der Waals surface area contributed by atoms with E-state index in [9.17, 15) is 18.1 Å². The monoisotopic (exact) mass is 329 g/mol. The van der Waals surface area contributed by atoms with Gasteiger partial charge in [0, 0.05) is 22.3 Å². The van der Waals surface area contributed by atoms with E-state index in [0.29, 0.717) is 10.8 Å². The Labute approximate surface area is 134 Å². The maximum atomic E-state index is 11.4. The molecule has 3 rings (SSSR count). The Morgan fingerprint density at radius 3 is 2.30 bits per heavy atom. The van der Waals surface area contributed by atoms with E-state index in [4.69, 9.17) is 0 Å². The summed E-state index contributed by atoms with van der Waals surface area (Å²) in [6.45, 7) is 1.45. The van der Waals surface area contributed by atoms with E-state index in [2.05, 4.69) is 5.32 Å². The fourth-order valence-electron chi connectivity index (χ4n) is 2.49. The Kier molecular flexibility index (Phi) is 3.71. The quantitative estimate of drug-likeness (QED) is 0.636. The number of para-hydroxylation sites is 1. The second kappa shape index (κ2) is 5.57. The van der Waals surface area contributed by atoms with Gasteiger partial charge in [0.2, 0.25) is 0 Å². The van der Waals surface area contributed by atoms with Crippen molar-refractivity contribution >= 4 is 32.3 Å². The van der Waals surface area contributed by atoms with E-state index in [0.717, 1.165) is 11.4 Å². The van der Waals surface area contributed by atoms with E-state index < -0.39 is 10.1 Å². The standard InChI is InChI=1S/C17H15NO4S/c1-11-16(23(20,21)22)9-12-7-8-14(10-15(12)17(11)19)18-13-5-3-2-4-6-13/h2-10,18-19H,1H3,(H,20,21,22). The highest BCUT2D eigenvalue weighted by atomic mass is 32.2. The number of benzene rings is 3. The molecule has 6 heteroatoms. The van der Waals surface area contributed by atoms with Crippen LogP contribution < -0.4 is 5.32 Å². The van der Waals surface area contributed by atoms with E-state index >= 15 is 0 Å². The van der Waals surface area contributed by atoms with Gasteiger partial charge in [-0.15, -0.1) is 0 Å². The first-order chi connectivity index (χ1) is 10.9. The molecule has 0 atom stereocenters. The van der Waals surface area contributed by atoms with Crippen LogP contribution in [0, 0.1) is 6.92 Å². The lowest BCUT2D eigenvalue weighted by Gasteiger charge is -2.12. The molecule has 3 N–H and O–H groups in total. The molecular weight excluding hydrogens is 314 g/mol. The number of phenolic OH excluding ortho intramolecular Hbond substituents is 1. The van der Waals surface area contributed by atoms with Crippen molar-refractivity contribution in [1.82, 2.24) is 0 Å². The van der Waals surface area contributed by atoms with Crippen LogP contribution >= 0.6 is 0 Å². The Hall–Kier alpha value is -2.57. The van der Waals surface area contributed by atoms with Crippen molar-refractivity contribution in [1.29, 1.82) is 0 Å². The average molecular weight is 329 g/mol. The first-order valence-electron chi connectivity index (χ1n) is 6.92. The summed E-state index contributed by atoms with van der Waals surface area (Å²) in [5, 5.41) is 14.5. The highest BCUT2D eigenvalue weighted by molar-refractivity contribution is 7.85. The molecule has 118 valence electrons. The molecule has 0 fully saturated rings. The average Bonchev–Trinajstić information content (AvgIpc) is 2.51. The van der Waals surface area contributed by atoms with Crippen molar-refractivity contribution in [2.24, 2.45) is 0 Å². The lowest BCUT2D eigenvalue weighted by molar-refractivity contribution is 0.466. The number of rotatable bonds is 3. The molecule has 0 radical (unpaired) electrons. The van der Waals surface area contributed by atoms with Gasteiger partial charge < -0.3 is 10.4 Å². The van der Waals surface area contributed by atoms with Gasteiger partial charge >= 0.3 is 0 Å². The van der Waals surface area contributed by atoms with E-state index in [1.165, 1.54) is 13.0 Å². The van der Waals surface area contributed by atoms with Crippen LogP contribution in [0.25, 0.3) is 10.8 Å². The van der Waals surface area contributed by atoms with Gasteiger partial charge in [0.1, 0.15) is 10.6 Å². The van der Waals surface area contributed by atoms with E-state index in [1.54, 1.807) is 18.2 Å². The van der Waals surface area contributed by atoms with Crippen LogP contribution in [0.15, 0.2) is 59.5 Å². The van der Waals surface area contributed by atoms with Crippen LogP contribution in [0.1, 0.15) is 5.56 Å². The molecule has 23 heavy (non-hydrogen) atoms. The third-order valence-corrected chi connectivity index (χ3v) is 4.64. The van der Waals surface area contributed by atoms with E-state index in [-0.39, 0.29) is 16.2 Å². The number of fused-ring (bicyclic) bond motifs is 1. The number of anilines is 2. The van der Waals surface area contributed by atoms with Crippen molar-refractivity contribution in [3.05, 3.63) is 60.2 Å². The smallest absolute Gasteiger partial charge is 0.294 e. The van der Waals surface area contributed by atoms with Crippen LogP contribution in [0.5, 0.6) is 5.75 Å². The van der Waals surface area contributed by atoms with Gasteiger partial charge in [0.05, 0.1) is 0 Å². The van der Waals surface area contributed by atoms with Crippen LogP contribution in [0.4, 0.5) is 11.4 Å². The van der Waals surface area contributed by atoms with Crippen LogP contribution in [0.3, 0.4) is 0 Å². The Balaban J connectivity index is 2.12. The Bertz CT molecular complexity index is 982. The van der Waals surface area contributed by atoms with Crippen molar-refractivity contribution in [2.45, 2.75) is 11.8 Å². The highest BCUT2D eigenvalue weighted by Gasteiger charge is 2.18. The summed E-state index contributed by atoms with van der Waals surface area (Å²) in [5.41, 5.74) is 1.78. The predicted octanol–water partition coefficient (Wildman–Crippen LogP) is 3.84. The second-order valence-electron chi connectivity index (χ2n) is 5.25. The molecule has 0 aliphatic carbocycles. The largest absolute Gasteiger partial charge is 0.507 e. The molecule has 0 saturated heterocycles. The molecule has 3 aromatic carbocycles. The van der Waals surface area contributed by atoms with Crippen molar-refractivity contribution < 1.29 is 18.1 Å². The van der Waals surface area contributed by atoms with Crippen LogP contribution in [-0.4, -0.2) is 18.1 Å². The van der Waals surface area contributed by atoms with Gasteiger partial charge in [-0.2, -0.15) is 8.42 Å².